The van der Waals surface area contributed by atoms with E-state index in [2.05, 4.69) is 5.32 Å². The normalized spacial score (nSPS) is 12.5. The van der Waals surface area contributed by atoms with E-state index in [4.69, 9.17) is 10.00 Å². The van der Waals surface area contributed by atoms with Crippen LogP contribution in [0.3, 0.4) is 0 Å². The zero-order chi connectivity index (χ0) is 12.1. The number of ether oxygens (including phenoxy) is 1. The summed E-state index contributed by atoms with van der Waals surface area (Å²) in [5.41, 5.74) is -0.595. The molecule has 0 aliphatic carbocycles. The summed E-state index contributed by atoms with van der Waals surface area (Å²) < 4.78 is 4.95. The van der Waals surface area contributed by atoms with Gasteiger partial charge in [-0.3, -0.25) is 4.79 Å². The smallest absolute Gasteiger partial charge is 0.408 e. The van der Waals surface area contributed by atoms with Crippen LogP contribution >= 0.6 is 0 Å². The van der Waals surface area contributed by atoms with Crippen molar-refractivity contribution in [2.45, 2.75) is 45.8 Å². The van der Waals surface area contributed by atoms with Crippen LogP contribution in [0.15, 0.2) is 0 Å². The van der Waals surface area contributed by atoms with E-state index in [0.29, 0.717) is 0 Å². The average molecular weight is 212 g/mol. The van der Waals surface area contributed by atoms with Crippen LogP contribution in [-0.4, -0.2) is 23.5 Å². The van der Waals surface area contributed by atoms with Gasteiger partial charge in [0, 0.05) is 0 Å². The van der Waals surface area contributed by atoms with Crippen LogP contribution in [0.4, 0.5) is 4.79 Å². The van der Waals surface area contributed by atoms with Gasteiger partial charge >= 0.3 is 6.09 Å². The quantitative estimate of drug-likeness (QED) is 0.766. The van der Waals surface area contributed by atoms with Gasteiger partial charge in [0.25, 0.3) is 0 Å². The molecule has 0 aliphatic heterocycles. The second-order valence-corrected chi connectivity index (χ2v) is 4.17. The lowest BCUT2D eigenvalue weighted by atomic mass is 10.2. The third-order valence-electron chi connectivity index (χ3n) is 1.47. The van der Waals surface area contributed by atoms with E-state index in [9.17, 15) is 9.59 Å². The van der Waals surface area contributed by atoms with Gasteiger partial charge in [0.1, 0.15) is 5.60 Å². The monoisotopic (exact) mass is 212 g/mol. The minimum atomic E-state index is -0.695. The van der Waals surface area contributed by atoms with E-state index in [1.54, 1.807) is 26.8 Å². The fourth-order valence-corrected chi connectivity index (χ4v) is 0.796. The summed E-state index contributed by atoms with van der Waals surface area (Å²) in [7, 11) is 0. The van der Waals surface area contributed by atoms with Gasteiger partial charge in [-0.2, -0.15) is 5.26 Å². The first-order valence-electron chi connectivity index (χ1n) is 4.65. The summed E-state index contributed by atoms with van der Waals surface area (Å²) in [4.78, 5) is 22.4. The summed E-state index contributed by atoms with van der Waals surface area (Å²) in [6, 6.07) is 1.03. The SMILES string of the molecule is CC(NC(=O)OC(C)(C)C)C(=O)CC#N. The van der Waals surface area contributed by atoms with Crippen molar-refractivity contribution in [2.75, 3.05) is 0 Å². The van der Waals surface area contributed by atoms with Crippen molar-refractivity contribution in [1.29, 1.82) is 5.26 Å². The van der Waals surface area contributed by atoms with Gasteiger partial charge in [-0.15, -0.1) is 0 Å². The molecule has 0 rings (SSSR count). The molecule has 0 saturated heterocycles. The molecule has 0 aromatic carbocycles. The number of ketones is 1. The second kappa shape index (κ2) is 5.35. The predicted molar refractivity (Wildman–Crippen MR) is 54.1 cm³/mol. The number of hydrogen-bond acceptors (Lipinski definition) is 4. The lowest BCUT2D eigenvalue weighted by molar-refractivity contribution is -0.119. The topological polar surface area (TPSA) is 79.2 Å². The average Bonchev–Trinajstić information content (AvgIpc) is 2.00. The van der Waals surface area contributed by atoms with Crippen molar-refractivity contribution in [1.82, 2.24) is 5.32 Å². The lowest BCUT2D eigenvalue weighted by Gasteiger charge is -2.21. The highest BCUT2D eigenvalue weighted by Gasteiger charge is 2.20. The first-order valence-corrected chi connectivity index (χ1v) is 4.65. The maximum absolute atomic E-state index is 11.2. The van der Waals surface area contributed by atoms with Crippen LogP contribution < -0.4 is 5.32 Å². The highest BCUT2D eigenvalue weighted by molar-refractivity contribution is 5.88. The van der Waals surface area contributed by atoms with Crippen molar-refractivity contribution in [2.24, 2.45) is 0 Å². The largest absolute Gasteiger partial charge is 0.444 e. The number of alkyl carbamates (subject to hydrolysis) is 1. The Morgan fingerprint density at radius 2 is 2.00 bits per heavy atom. The Kier molecular flexibility index (Phi) is 4.79. The molecule has 0 aliphatic rings. The van der Waals surface area contributed by atoms with Crippen molar-refractivity contribution in [3.05, 3.63) is 0 Å². The van der Waals surface area contributed by atoms with E-state index in [-0.39, 0.29) is 12.2 Å². The molecular formula is C10H16N2O3. The fraction of sp³-hybridized carbons (Fsp3) is 0.700. The molecule has 84 valence electrons. The third kappa shape index (κ3) is 6.49. The number of carbonyl (C=O) groups excluding carboxylic acids is 2. The maximum atomic E-state index is 11.2. The Labute approximate surface area is 89.4 Å². The van der Waals surface area contributed by atoms with Crippen molar-refractivity contribution in [3.63, 3.8) is 0 Å². The minimum absolute atomic E-state index is 0.211. The van der Waals surface area contributed by atoms with Crippen molar-refractivity contribution in [3.8, 4) is 6.07 Å². The molecule has 0 bridgehead atoms. The molecule has 0 saturated carbocycles. The zero-order valence-corrected chi connectivity index (χ0v) is 9.46. The minimum Gasteiger partial charge on any atom is -0.444 e. The molecule has 0 aromatic rings. The van der Waals surface area contributed by atoms with Gasteiger partial charge in [-0.05, 0) is 27.7 Å². The molecule has 5 heteroatoms. The highest BCUT2D eigenvalue weighted by Crippen LogP contribution is 2.06. The summed E-state index contributed by atoms with van der Waals surface area (Å²) >= 11 is 0. The Bertz CT molecular complexity index is 286. The Morgan fingerprint density at radius 3 is 2.40 bits per heavy atom. The number of hydrogen-bond donors (Lipinski definition) is 1. The van der Waals surface area contributed by atoms with E-state index >= 15 is 0 Å². The standard InChI is InChI=1S/C10H16N2O3/c1-7(8(13)5-6-11)12-9(14)15-10(2,3)4/h7H,5H2,1-4H3,(H,12,14). The van der Waals surface area contributed by atoms with E-state index in [1.165, 1.54) is 6.92 Å². The number of nitrogens with one attached hydrogen (secondary N) is 1. The Hall–Kier alpha value is -1.57. The number of nitrogens with zero attached hydrogens (tertiary/aromatic N) is 1. The number of amides is 1. The number of Topliss-reactive ketones (excluding diaryl/α,β-unsaturated/α-hetero) is 1. The second-order valence-electron chi connectivity index (χ2n) is 4.17. The molecule has 1 unspecified atom stereocenters. The molecule has 0 fully saturated rings. The molecule has 1 atom stereocenters. The molecule has 1 amide bonds. The van der Waals surface area contributed by atoms with E-state index in [0.717, 1.165) is 0 Å². The molecule has 1 N–H and O–H groups in total. The van der Waals surface area contributed by atoms with Gasteiger partial charge in [0.2, 0.25) is 0 Å². The van der Waals surface area contributed by atoms with Gasteiger partial charge in [0.05, 0.1) is 18.5 Å². The van der Waals surface area contributed by atoms with Crippen LogP contribution in [0.5, 0.6) is 0 Å². The van der Waals surface area contributed by atoms with Gasteiger partial charge in [-0.25, -0.2) is 4.79 Å². The van der Waals surface area contributed by atoms with E-state index < -0.39 is 17.7 Å². The number of nitriles is 1. The Balaban J connectivity index is 4.09. The highest BCUT2D eigenvalue weighted by atomic mass is 16.6. The van der Waals surface area contributed by atoms with Crippen LogP contribution in [0.2, 0.25) is 0 Å². The molecule has 5 nitrogen and oxygen atoms in total. The molecule has 0 radical (unpaired) electrons. The number of carbonyl (C=O) groups is 2. The van der Waals surface area contributed by atoms with Gasteiger partial charge in [0.15, 0.2) is 5.78 Å². The summed E-state index contributed by atoms with van der Waals surface area (Å²) in [5, 5.41) is 10.7. The molecule has 0 aromatic heterocycles. The predicted octanol–water partition coefficient (Wildman–Crippen LogP) is 1.38. The molecule has 0 heterocycles. The van der Waals surface area contributed by atoms with Crippen LogP contribution in [0.1, 0.15) is 34.1 Å². The fourth-order valence-electron chi connectivity index (χ4n) is 0.796. The van der Waals surface area contributed by atoms with Crippen molar-refractivity contribution < 1.29 is 14.3 Å². The summed E-state index contributed by atoms with van der Waals surface area (Å²) in [6.45, 7) is 6.71. The van der Waals surface area contributed by atoms with Crippen LogP contribution in [0, 0.1) is 11.3 Å². The van der Waals surface area contributed by atoms with E-state index in [1.807, 2.05) is 0 Å². The van der Waals surface area contributed by atoms with Gasteiger partial charge < -0.3 is 10.1 Å². The van der Waals surface area contributed by atoms with Gasteiger partial charge in [-0.1, -0.05) is 0 Å². The molecular weight excluding hydrogens is 196 g/mol. The molecule has 15 heavy (non-hydrogen) atoms. The summed E-state index contributed by atoms with van der Waals surface area (Å²) in [6.07, 6.45) is -0.863. The van der Waals surface area contributed by atoms with Crippen LogP contribution in [0.25, 0.3) is 0 Å². The van der Waals surface area contributed by atoms with Crippen LogP contribution in [-0.2, 0) is 9.53 Å². The van der Waals surface area contributed by atoms with Crippen molar-refractivity contribution >= 4 is 11.9 Å². The first kappa shape index (κ1) is 13.4. The molecule has 0 spiro atoms. The number of rotatable bonds is 3. The first-order chi connectivity index (χ1) is 6.76. The Morgan fingerprint density at radius 1 is 1.47 bits per heavy atom. The maximum Gasteiger partial charge on any atom is 0.408 e. The zero-order valence-electron chi connectivity index (χ0n) is 9.46. The lowest BCUT2D eigenvalue weighted by Crippen LogP contribution is -2.41. The summed E-state index contributed by atoms with van der Waals surface area (Å²) in [5.74, 6) is -0.330. The third-order valence-corrected chi connectivity index (χ3v) is 1.47.